The van der Waals surface area contributed by atoms with Crippen LogP contribution in [0.25, 0.3) is 0 Å². The van der Waals surface area contributed by atoms with Crippen molar-refractivity contribution in [1.29, 1.82) is 0 Å². The third kappa shape index (κ3) is 0.586. The minimum atomic E-state index is -0.176. The Morgan fingerprint density at radius 1 is 0.857 bits per heavy atom. The third-order valence-electron chi connectivity index (χ3n) is 4.35. The summed E-state index contributed by atoms with van der Waals surface area (Å²) in [6.45, 7) is 0. The van der Waals surface area contributed by atoms with E-state index in [1.807, 2.05) is 0 Å². The summed E-state index contributed by atoms with van der Waals surface area (Å²) < 4.78 is 10.5. The average Bonchev–Trinajstić information content (AvgIpc) is 2.53. The Balaban J connectivity index is 1.88. The van der Waals surface area contributed by atoms with Gasteiger partial charge >= 0.3 is 11.9 Å². The van der Waals surface area contributed by atoms with Crippen molar-refractivity contribution in [3.05, 3.63) is 0 Å². The molecule has 4 nitrogen and oxygen atoms in total. The van der Waals surface area contributed by atoms with E-state index >= 15 is 0 Å². The molecule has 0 spiro atoms. The molecule has 0 radical (unpaired) electrons. The molecule has 2 saturated heterocycles. The first kappa shape index (κ1) is 7.26. The van der Waals surface area contributed by atoms with Crippen molar-refractivity contribution in [3.8, 4) is 0 Å². The lowest BCUT2D eigenvalue weighted by Gasteiger charge is -2.40. The van der Waals surface area contributed by atoms with E-state index in [1.54, 1.807) is 0 Å². The van der Waals surface area contributed by atoms with Gasteiger partial charge < -0.3 is 9.47 Å². The van der Waals surface area contributed by atoms with E-state index < -0.39 is 0 Å². The number of rotatable bonds is 0. The Hall–Kier alpha value is -1.06. The van der Waals surface area contributed by atoms with Gasteiger partial charge in [0, 0.05) is 11.8 Å². The maximum Gasteiger partial charge on any atom is 0.310 e. The highest BCUT2D eigenvalue weighted by Gasteiger charge is 2.67. The fourth-order valence-corrected chi connectivity index (χ4v) is 3.85. The van der Waals surface area contributed by atoms with E-state index in [1.165, 1.54) is 0 Å². The van der Waals surface area contributed by atoms with Gasteiger partial charge in [0.15, 0.2) is 0 Å². The fourth-order valence-electron chi connectivity index (χ4n) is 3.85. The number of carbonyl (C=O) groups excluding carboxylic acids is 2. The highest BCUT2D eigenvalue weighted by Crippen LogP contribution is 2.58. The molecule has 0 amide bonds. The normalized spacial score (nSPS) is 57.4. The van der Waals surface area contributed by atoms with Crippen LogP contribution in [0.3, 0.4) is 0 Å². The van der Waals surface area contributed by atoms with Gasteiger partial charge in [0.1, 0.15) is 12.2 Å². The van der Waals surface area contributed by atoms with E-state index in [0.717, 1.165) is 12.8 Å². The standard InChI is InChI=1S/C10H10O4/c11-9-7-3-1-5-4(2-6(3)14-9)8(7)10(12)13-5/h3-8H,1-2H2/t3-,4-,5-,6-,7-,8+/m1/s1. The molecule has 0 aromatic rings. The maximum absolute atomic E-state index is 11.5. The number of esters is 2. The summed E-state index contributed by atoms with van der Waals surface area (Å²) in [6.07, 6.45) is 1.85. The maximum atomic E-state index is 11.5. The van der Waals surface area contributed by atoms with Crippen molar-refractivity contribution in [3.63, 3.8) is 0 Å². The summed E-state index contributed by atoms with van der Waals surface area (Å²) in [5, 5.41) is 0. The van der Waals surface area contributed by atoms with Gasteiger partial charge in [0.2, 0.25) is 0 Å². The van der Waals surface area contributed by atoms with Gasteiger partial charge in [0.05, 0.1) is 11.8 Å². The van der Waals surface area contributed by atoms with Crippen LogP contribution in [0.5, 0.6) is 0 Å². The van der Waals surface area contributed by atoms with Crippen LogP contribution in [0.4, 0.5) is 0 Å². The zero-order valence-electron chi connectivity index (χ0n) is 7.51. The lowest BCUT2D eigenvalue weighted by molar-refractivity contribution is -0.151. The predicted molar refractivity (Wildman–Crippen MR) is 43.0 cm³/mol. The van der Waals surface area contributed by atoms with Crippen molar-refractivity contribution < 1.29 is 19.1 Å². The molecule has 0 aromatic carbocycles. The summed E-state index contributed by atoms with van der Waals surface area (Å²) in [6, 6.07) is 0. The van der Waals surface area contributed by atoms with E-state index in [0.29, 0.717) is 0 Å². The molecule has 2 aliphatic heterocycles. The Kier molecular flexibility index (Phi) is 1.02. The molecule has 0 aromatic heterocycles. The first-order chi connectivity index (χ1) is 6.75. The minimum Gasteiger partial charge on any atom is -0.462 e. The number of hydrogen-bond acceptors (Lipinski definition) is 4. The zero-order valence-corrected chi connectivity index (χ0v) is 7.51. The van der Waals surface area contributed by atoms with Crippen LogP contribution >= 0.6 is 0 Å². The highest BCUT2D eigenvalue weighted by molar-refractivity contribution is 5.86. The topological polar surface area (TPSA) is 52.6 Å². The lowest BCUT2D eigenvalue weighted by Crippen LogP contribution is -2.47. The van der Waals surface area contributed by atoms with Gasteiger partial charge in [-0.3, -0.25) is 9.59 Å². The van der Waals surface area contributed by atoms with Crippen LogP contribution in [0.15, 0.2) is 0 Å². The van der Waals surface area contributed by atoms with Crippen LogP contribution in [-0.2, 0) is 19.1 Å². The Morgan fingerprint density at radius 2 is 1.29 bits per heavy atom. The van der Waals surface area contributed by atoms with Crippen molar-refractivity contribution in [2.45, 2.75) is 25.0 Å². The molecule has 0 unspecified atom stereocenters. The summed E-state index contributed by atoms with van der Waals surface area (Å²) >= 11 is 0. The van der Waals surface area contributed by atoms with Gasteiger partial charge in [-0.25, -0.2) is 0 Å². The second-order valence-electron chi connectivity index (χ2n) is 4.80. The quantitative estimate of drug-likeness (QED) is 0.513. The lowest BCUT2D eigenvalue weighted by atomic mass is 9.59. The van der Waals surface area contributed by atoms with E-state index in [4.69, 9.17) is 9.47 Å². The molecule has 2 heterocycles. The summed E-state index contributed by atoms with van der Waals surface area (Å²) in [7, 11) is 0. The van der Waals surface area contributed by atoms with Crippen LogP contribution in [-0.4, -0.2) is 24.1 Å². The van der Waals surface area contributed by atoms with Gasteiger partial charge in [-0.15, -0.1) is 0 Å². The molecule has 5 aliphatic rings. The van der Waals surface area contributed by atoms with Gasteiger partial charge in [0.25, 0.3) is 0 Å². The van der Waals surface area contributed by atoms with Gasteiger partial charge in [-0.2, -0.15) is 0 Å². The molecular formula is C10H10O4. The summed E-state index contributed by atoms with van der Waals surface area (Å²) in [5.41, 5.74) is 0. The highest BCUT2D eigenvalue weighted by atomic mass is 16.6. The molecule has 4 heteroatoms. The molecule has 6 atom stereocenters. The van der Waals surface area contributed by atoms with Gasteiger partial charge in [-0.05, 0) is 12.8 Å². The molecule has 6 bridgehead atoms. The van der Waals surface area contributed by atoms with E-state index in [9.17, 15) is 9.59 Å². The van der Waals surface area contributed by atoms with Crippen LogP contribution < -0.4 is 0 Å². The van der Waals surface area contributed by atoms with Crippen LogP contribution in [0.2, 0.25) is 0 Å². The molecule has 5 fully saturated rings. The predicted octanol–water partition coefficient (Wildman–Crippen LogP) is 0.109. The third-order valence-corrected chi connectivity index (χ3v) is 4.35. The molecule has 5 rings (SSSR count). The first-order valence-electron chi connectivity index (χ1n) is 5.16. The zero-order chi connectivity index (χ0) is 9.45. The fraction of sp³-hybridized carbons (Fsp3) is 0.800. The van der Waals surface area contributed by atoms with E-state index in [2.05, 4.69) is 0 Å². The second-order valence-corrected chi connectivity index (χ2v) is 4.80. The summed E-state index contributed by atoms with van der Waals surface area (Å²) in [5.74, 6) is -0.160. The van der Waals surface area contributed by atoms with Crippen molar-refractivity contribution in [2.24, 2.45) is 23.7 Å². The number of ether oxygens (including phenoxy) is 2. The molecule has 0 N–H and O–H groups in total. The largest absolute Gasteiger partial charge is 0.462 e. The Bertz CT molecular complexity index is 316. The first-order valence-corrected chi connectivity index (χ1v) is 5.16. The molecule has 3 saturated carbocycles. The van der Waals surface area contributed by atoms with Crippen molar-refractivity contribution >= 4 is 11.9 Å². The smallest absolute Gasteiger partial charge is 0.310 e. The molecule has 74 valence electrons. The Labute approximate surface area is 80.6 Å². The molecule has 3 aliphatic carbocycles. The second kappa shape index (κ2) is 1.97. The SMILES string of the molecule is O=C1O[C@@H]2C[C@H]3[C@@H]4C(=O)O[C@@H]3C[C@H]2[C@@H]14. The van der Waals surface area contributed by atoms with Crippen molar-refractivity contribution in [1.82, 2.24) is 0 Å². The average molecular weight is 194 g/mol. The molecular weight excluding hydrogens is 184 g/mol. The van der Waals surface area contributed by atoms with E-state index in [-0.39, 0.29) is 47.8 Å². The van der Waals surface area contributed by atoms with Gasteiger partial charge in [-0.1, -0.05) is 0 Å². The number of carbonyl (C=O) groups is 2. The monoisotopic (exact) mass is 194 g/mol. The van der Waals surface area contributed by atoms with Crippen LogP contribution in [0.1, 0.15) is 12.8 Å². The van der Waals surface area contributed by atoms with Crippen molar-refractivity contribution in [2.75, 3.05) is 0 Å². The Morgan fingerprint density at radius 3 is 1.71 bits per heavy atom. The summed E-state index contributed by atoms with van der Waals surface area (Å²) in [4.78, 5) is 23.1. The number of hydrogen-bond donors (Lipinski definition) is 0. The minimum absolute atomic E-state index is 0.0829. The van der Waals surface area contributed by atoms with Crippen LogP contribution in [0, 0.1) is 23.7 Å². The molecule has 14 heavy (non-hydrogen) atoms.